The van der Waals surface area contributed by atoms with Crippen LogP contribution in [0.4, 0.5) is 5.69 Å². The van der Waals surface area contributed by atoms with Crippen LogP contribution in [-0.2, 0) is 9.31 Å². The predicted molar refractivity (Wildman–Crippen MR) is 77.9 cm³/mol. The molecule has 0 radical (unpaired) electrons. The Bertz CT molecular complexity index is 460. The lowest BCUT2D eigenvalue weighted by atomic mass is 9.75. The summed E-state index contributed by atoms with van der Waals surface area (Å²) in [7, 11) is 1.19. The summed E-state index contributed by atoms with van der Waals surface area (Å²) in [6.07, 6.45) is 0. The molecule has 19 heavy (non-hydrogen) atoms. The van der Waals surface area contributed by atoms with Gasteiger partial charge in [0.1, 0.15) is 5.75 Å². The van der Waals surface area contributed by atoms with Gasteiger partial charge in [0.15, 0.2) is 0 Å². The minimum absolute atomic E-state index is 0.365. The van der Waals surface area contributed by atoms with Crippen molar-refractivity contribution in [3.05, 3.63) is 17.7 Å². The van der Waals surface area contributed by atoms with Crippen molar-refractivity contribution in [3.63, 3.8) is 0 Å². The van der Waals surface area contributed by atoms with Gasteiger partial charge in [-0.05, 0) is 46.2 Å². The normalized spacial score (nSPS) is 20.6. The summed E-state index contributed by atoms with van der Waals surface area (Å²) in [5, 5.41) is 0. The topological polar surface area (TPSA) is 53.7 Å². The molecular formula is C14H22BNO3. The highest BCUT2D eigenvalue weighted by atomic mass is 16.7. The zero-order valence-electron chi connectivity index (χ0n) is 12.5. The van der Waals surface area contributed by atoms with E-state index in [-0.39, 0.29) is 11.2 Å². The average molecular weight is 263 g/mol. The van der Waals surface area contributed by atoms with Crippen LogP contribution in [0.1, 0.15) is 33.3 Å². The second kappa shape index (κ2) is 4.42. The number of ether oxygens (including phenoxy) is 1. The summed E-state index contributed by atoms with van der Waals surface area (Å²) in [4.78, 5) is 0. The molecule has 0 bridgehead atoms. The number of hydrogen-bond acceptors (Lipinski definition) is 4. The third-order valence-electron chi connectivity index (χ3n) is 4.12. The number of nitrogens with two attached hydrogens (primary N) is 1. The summed E-state index contributed by atoms with van der Waals surface area (Å²) in [5.74, 6) is 0.746. The molecule has 0 aliphatic carbocycles. The highest BCUT2D eigenvalue weighted by molar-refractivity contribution is 6.64. The van der Waals surface area contributed by atoms with E-state index < -0.39 is 7.12 Å². The van der Waals surface area contributed by atoms with Crippen molar-refractivity contribution in [3.8, 4) is 5.75 Å². The number of aryl methyl sites for hydroxylation is 1. The molecule has 1 saturated heterocycles. The van der Waals surface area contributed by atoms with Gasteiger partial charge in [0, 0.05) is 17.2 Å². The molecule has 104 valence electrons. The lowest BCUT2D eigenvalue weighted by Crippen LogP contribution is -2.41. The van der Waals surface area contributed by atoms with Crippen LogP contribution in [0.15, 0.2) is 12.1 Å². The van der Waals surface area contributed by atoms with Gasteiger partial charge in [-0.3, -0.25) is 0 Å². The van der Waals surface area contributed by atoms with Crippen LogP contribution >= 0.6 is 0 Å². The number of anilines is 1. The largest absolute Gasteiger partial charge is 0.497 e. The van der Waals surface area contributed by atoms with E-state index >= 15 is 0 Å². The van der Waals surface area contributed by atoms with Crippen molar-refractivity contribution in [2.75, 3.05) is 12.8 Å². The first-order valence-corrected chi connectivity index (χ1v) is 6.47. The second-order valence-electron chi connectivity index (χ2n) is 6.04. The Labute approximate surface area is 115 Å². The van der Waals surface area contributed by atoms with E-state index in [0.29, 0.717) is 5.69 Å². The first-order valence-electron chi connectivity index (χ1n) is 6.47. The molecule has 1 aliphatic rings. The zero-order chi connectivity index (χ0) is 14.4. The number of rotatable bonds is 2. The molecule has 1 aliphatic heterocycles. The molecule has 2 rings (SSSR count). The van der Waals surface area contributed by atoms with Crippen molar-refractivity contribution < 1.29 is 14.0 Å². The van der Waals surface area contributed by atoms with Crippen LogP contribution in [-0.4, -0.2) is 25.4 Å². The zero-order valence-corrected chi connectivity index (χ0v) is 12.5. The Hall–Kier alpha value is -1.20. The molecule has 1 aromatic rings. The number of nitrogen functional groups attached to an aromatic ring is 1. The molecule has 0 aromatic heterocycles. The fraction of sp³-hybridized carbons (Fsp3) is 0.571. The maximum atomic E-state index is 6.11. The Balaban J connectivity index is 2.40. The van der Waals surface area contributed by atoms with Gasteiger partial charge in [0.2, 0.25) is 0 Å². The van der Waals surface area contributed by atoms with Gasteiger partial charge in [0.25, 0.3) is 0 Å². The molecule has 0 saturated carbocycles. The smallest absolute Gasteiger partial charge is 0.497 e. The van der Waals surface area contributed by atoms with Gasteiger partial charge in [-0.15, -0.1) is 0 Å². The minimum atomic E-state index is -0.434. The van der Waals surface area contributed by atoms with Gasteiger partial charge < -0.3 is 19.8 Å². The van der Waals surface area contributed by atoms with Crippen LogP contribution in [0.25, 0.3) is 0 Å². The summed E-state index contributed by atoms with van der Waals surface area (Å²) in [6.45, 7) is 10.1. The Morgan fingerprint density at radius 1 is 1.11 bits per heavy atom. The molecule has 4 nitrogen and oxygen atoms in total. The van der Waals surface area contributed by atoms with E-state index in [0.717, 1.165) is 16.8 Å². The van der Waals surface area contributed by atoms with Gasteiger partial charge in [-0.2, -0.15) is 0 Å². The standard InChI is InChI=1S/C14H22BNO3/c1-9-7-10(17-6)8-11(16)12(9)15-18-13(2,3)14(4,5)19-15/h7-8H,16H2,1-6H3. The van der Waals surface area contributed by atoms with Crippen molar-refractivity contribution in [1.82, 2.24) is 0 Å². The van der Waals surface area contributed by atoms with E-state index in [4.69, 9.17) is 19.8 Å². The summed E-state index contributed by atoms with van der Waals surface area (Å²) >= 11 is 0. The van der Waals surface area contributed by atoms with Crippen LogP contribution in [0.2, 0.25) is 0 Å². The summed E-state index contributed by atoms with van der Waals surface area (Å²) in [5.41, 5.74) is 7.92. The maximum absolute atomic E-state index is 6.11. The average Bonchev–Trinajstić information content (AvgIpc) is 2.46. The molecule has 1 fully saturated rings. The molecule has 1 heterocycles. The van der Waals surface area contributed by atoms with Crippen molar-refractivity contribution in [2.24, 2.45) is 0 Å². The lowest BCUT2D eigenvalue weighted by Gasteiger charge is -2.32. The van der Waals surface area contributed by atoms with Crippen molar-refractivity contribution in [2.45, 2.75) is 45.8 Å². The van der Waals surface area contributed by atoms with Crippen molar-refractivity contribution in [1.29, 1.82) is 0 Å². The van der Waals surface area contributed by atoms with Gasteiger partial charge >= 0.3 is 7.12 Å². The van der Waals surface area contributed by atoms with Crippen molar-refractivity contribution >= 4 is 18.3 Å². The molecule has 0 unspecified atom stereocenters. The molecule has 0 spiro atoms. The summed E-state index contributed by atoms with van der Waals surface area (Å²) < 4.78 is 17.3. The number of hydrogen-bond donors (Lipinski definition) is 1. The third-order valence-corrected chi connectivity index (χ3v) is 4.12. The minimum Gasteiger partial charge on any atom is -0.497 e. The number of methoxy groups -OCH3 is 1. The number of benzene rings is 1. The fourth-order valence-corrected chi connectivity index (χ4v) is 2.19. The van der Waals surface area contributed by atoms with E-state index in [2.05, 4.69) is 0 Å². The SMILES string of the molecule is COc1cc(C)c(B2OC(C)(C)C(C)(C)O2)c(N)c1. The Morgan fingerprint density at radius 3 is 2.05 bits per heavy atom. The lowest BCUT2D eigenvalue weighted by molar-refractivity contribution is 0.00578. The quantitative estimate of drug-likeness (QED) is 0.654. The first-order chi connectivity index (χ1) is 8.68. The van der Waals surface area contributed by atoms with Crippen LogP contribution in [0.3, 0.4) is 0 Å². The highest BCUT2D eigenvalue weighted by Crippen LogP contribution is 2.37. The van der Waals surface area contributed by atoms with Crippen LogP contribution < -0.4 is 15.9 Å². The van der Waals surface area contributed by atoms with Crippen LogP contribution in [0, 0.1) is 6.92 Å². The molecule has 1 aromatic carbocycles. The maximum Gasteiger partial charge on any atom is 0.497 e. The predicted octanol–water partition coefficient (Wildman–Crippen LogP) is 1.89. The highest BCUT2D eigenvalue weighted by Gasteiger charge is 2.52. The second-order valence-corrected chi connectivity index (χ2v) is 6.04. The molecule has 0 atom stereocenters. The summed E-state index contributed by atoms with van der Waals surface area (Å²) in [6, 6.07) is 3.74. The van der Waals surface area contributed by atoms with E-state index in [1.165, 1.54) is 0 Å². The van der Waals surface area contributed by atoms with E-state index in [1.807, 2.05) is 40.7 Å². The molecule has 2 N–H and O–H groups in total. The van der Waals surface area contributed by atoms with E-state index in [9.17, 15) is 0 Å². The van der Waals surface area contributed by atoms with Crippen LogP contribution in [0.5, 0.6) is 5.75 Å². The van der Waals surface area contributed by atoms with Gasteiger partial charge in [-0.1, -0.05) is 0 Å². The van der Waals surface area contributed by atoms with Gasteiger partial charge in [0.05, 0.1) is 18.3 Å². The molecular weight excluding hydrogens is 241 g/mol. The Morgan fingerprint density at radius 2 is 1.63 bits per heavy atom. The molecule has 5 heteroatoms. The monoisotopic (exact) mass is 263 g/mol. The first kappa shape index (κ1) is 14.2. The van der Waals surface area contributed by atoms with Gasteiger partial charge in [-0.25, -0.2) is 0 Å². The van der Waals surface area contributed by atoms with E-state index in [1.54, 1.807) is 13.2 Å². The third kappa shape index (κ3) is 2.32. The molecule has 0 amide bonds. The Kier molecular flexibility index (Phi) is 3.31. The fourth-order valence-electron chi connectivity index (χ4n) is 2.19.